The third-order valence-electron chi connectivity index (χ3n) is 6.74. The zero-order valence-corrected chi connectivity index (χ0v) is 17.9. The number of benzene rings is 2. The molecule has 2 aromatic rings. The third-order valence-corrected chi connectivity index (χ3v) is 6.74. The Kier molecular flexibility index (Phi) is 6.86. The van der Waals surface area contributed by atoms with Crippen LogP contribution in [0.2, 0.25) is 0 Å². The van der Waals surface area contributed by atoms with Crippen LogP contribution in [0.25, 0.3) is 0 Å². The maximum Gasteiger partial charge on any atom is 0.416 e. The molecule has 0 bridgehead atoms. The Morgan fingerprint density at radius 3 is 2.22 bits per heavy atom. The molecule has 1 aliphatic carbocycles. The summed E-state index contributed by atoms with van der Waals surface area (Å²) >= 11 is 0. The number of aliphatic hydroxyl groups is 1. The molecule has 1 saturated carbocycles. The van der Waals surface area contributed by atoms with Crippen LogP contribution in [0.5, 0.6) is 0 Å². The molecule has 4 rings (SSSR count). The third kappa shape index (κ3) is 5.51. The minimum atomic E-state index is -4.35. The Labute approximate surface area is 186 Å². The summed E-state index contributed by atoms with van der Waals surface area (Å²) in [7, 11) is 0. The standard InChI is InChI=1S/C25H29F3N2O2/c26-25(27,28)20-8-6-17(7-9-20)19-14-21(29-24(32)18-4-2-1-3-5-18)16-30(15-19)22-10-12-23(31)13-11-22/h1-9,19,21-23,31H,10-16H2,(H,29,32). The predicted molar refractivity (Wildman–Crippen MR) is 116 cm³/mol. The Bertz CT molecular complexity index is 894. The SMILES string of the molecule is O=C(NC1CC(c2ccc(C(F)(F)F)cc2)CN(C2CCC(O)CC2)C1)c1ccccc1. The second-order valence-electron chi connectivity index (χ2n) is 9.01. The number of amides is 1. The number of alkyl halides is 3. The minimum Gasteiger partial charge on any atom is -0.393 e. The van der Waals surface area contributed by atoms with E-state index in [1.807, 2.05) is 18.2 Å². The molecule has 2 N–H and O–H groups in total. The number of nitrogens with one attached hydrogen (secondary N) is 1. The highest BCUT2D eigenvalue weighted by atomic mass is 19.4. The van der Waals surface area contributed by atoms with E-state index >= 15 is 0 Å². The molecule has 0 aromatic heterocycles. The lowest BCUT2D eigenvalue weighted by molar-refractivity contribution is -0.137. The number of hydrogen-bond acceptors (Lipinski definition) is 3. The number of piperidine rings is 1. The molecule has 172 valence electrons. The molecule has 0 spiro atoms. The Hall–Kier alpha value is -2.38. The summed E-state index contributed by atoms with van der Waals surface area (Å²) < 4.78 is 39.0. The van der Waals surface area contributed by atoms with Crippen molar-refractivity contribution < 1.29 is 23.1 Å². The van der Waals surface area contributed by atoms with E-state index in [1.165, 1.54) is 0 Å². The molecule has 1 amide bonds. The van der Waals surface area contributed by atoms with E-state index in [4.69, 9.17) is 0 Å². The number of nitrogens with zero attached hydrogens (tertiary/aromatic N) is 1. The van der Waals surface area contributed by atoms with Gasteiger partial charge in [0.05, 0.1) is 11.7 Å². The topological polar surface area (TPSA) is 52.6 Å². The highest BCUT2D eigenvalue weighted by molar-refractivity contribution is 5.94. The number of carbonyl (C=O) groups excluding carboxylic acids is 1. The van der Waals surface area contributed by atoms with Gasteiger partial charge in [-0.3, -0.25) is 9.69 Å². The molecular weight excluding hydrogens is 417 g/mol. The molecule has 7 heteroatoms. The smallest absolute Gasteiger partial charge is 0.393 e. The average Bonchev–Trinajstić information content (AvgIpc) is 2.79. The molecule has 1 heterocycles. The quantitative estimate of drug-likeness (QED) is 0.722. The van der Waals surface area contributed by atoms with Gasteiger partial charge in [-0.25, -0.2) is 0 Å². The molecular formula is C25H29F3N2O2. The van der Waals surface area contributed by atoms with Crippen LogP contribution in [-0.4, -0.2) is 47.2 Å². The molecule has 2 atom stereocenters. The van der Waals surface area contributed by atoms with Gasteiger partial charge >= 0.3 is 6.18 Å². The lowest BCUT2D eigenvalue weighted by atomic mass is 9.84. The Balaban J connectivity index is 1.52. The molecule has 1 aliphatic heterocycles. The summed E-state index contributed by atoms with van der Waals surface area (Å²) in [5, 5.41) is 13.0. The molecule has 2 fully saturated rings. The molecule has 4 nitrogen and oxygen atoms in total. The van der Waals surface area contributed by atoms with Gasteiger partial charge in [0.2, 0.25) is 0 Å². The lowest BCUT2D eigenvalue weighted by Crippen LogP contribution is -2.54. The summed E-state index contributed by atoms with van der Waals surface area (Å²) in [6.07, 6.45) is -0.640. The van der Waals surface area contributed by atoms with Crippen molar-refractivity contribution in [2.75, 3.05) is 13.1 Å². The zero-order valence-electron chi connectivity index (χ0n) is 17.9. The number of carbonyl (C=O) groups is 1. The second kappa shape index (κ2) is 9.63. The molecule has 0 radical (unpaired) electrons. The van der Waals surface area contributed by atoms with Crippen molar-refractivity contribution in [2.24, 2.45) is 0 Å². The van der Waals surface area contributed by atoms with Gasteiger partial charge in [-0.2, -0.15) is 13.2 Å². The van der Waals surface area contributed by atoms with Gasteiger partial charge in [-0.1, -0.05) is 30.3 Å². The first kappa shape index (κ1) is 22.8. The van der Waals surface area contributed by atoms with Gasteiger partial charge in [-0.05, 0) is 67.9 Å². The minimum absolute atomic E-state index is 0.0268. The van der Waals surface area contributed by atoms with Gasteiger partial charge in [-0.15, -0.1) is 0 Å². The van der Waals surface area contributed by atoms with Gasteiger partial charge in [0.25, 0.3) is 5.91 Å². The molecule has 1 saturated heterocycles. The van der Waals surface area contributed by atoms with Crippen LogP contribution in [0.1, 0.15) is 59.5 Å². The van der Waals surface area contributed by atoms with E-state index in [1.54, 1.807) is 24.3 Å². The maximum absolute atomic E-state index is 13.0. The van der Waals surface area contributed by atoms with Crippen molar-refractivity contribution in [1.29, 1.82) is 0 Å². The highest BCUT2D eigenvalue weighted by Crippen LogP contribution is 2.34. The van der Waals surface area contributed by atoms with Crippen LogP contribution in [0.15, 0.2) is 54.6 Å². The van der Waals surface area contributed by atoms with Gasteiger partial charge in [0.1, 0.15) is 0 Å². The molecule has 2 unspecified atom stereocenters. The summed E-state index contributed by atoms with van der Waals surface area (Å²) in [5.41, 5.74) is 0.804. The number of likely N-dealkylation sites (tertiary alicyclic amines) is 1. The number of rotatable bonds is 4. The second-order valence-corrected chi connectivity index (χ2v) is 9.01. The summed E-state index contributed by atoms with van der Waals surface area (Å²) in [5.74, 6) is -0.110. The monoisotopic (exact) mass is 446 g/mol. The van der Waals surface area contributed by atoms with Crippen LogP contribution in [-0.2, 0) is 6.18 Å². The van der Waals surface area contributed by atoms with Crippen LogP contribution in [0.3, 0.4) is 0 Å². The van der Waals surface area contributed by atoms with E-state index in [9.17, 15) is 23.1 Å². The van der Waals surface area contributed by atoms with E-state index in [-0.39, 0.29) is 24.0 Å². The van der Waals surface area contributed by atoms with E-state index in [0.717, 1.165) is 49.9 Å². The zero-order chi connectivity index (χ0) is 22.7. The average molecular weight is 447 g/mol. The van der Waals surface area contributed by atoms with Crippen molar-refractivity contribution in [2.45, 2.75) is 62.4 Å². The molecule has 32 heavy (non-hydrogen) atoms. The van der Waals surface area contributed by atoms with Gasteiger partial charge < -0.3 is 10.4 Å². The fourth-order valence-corrected chi connectivity index (χ4v) is 5.00. The van der Waals surface area contributed by atoms with E-state index in [2.05, 4.69) is 10.2 Å². The fraction of sp³-hybridized carbons (Fsp3) is 0.480. The van der Waals surface area contributed by atoms with E-state index in [0.29, 0.717) is 24.6 Å². The number of halogens is 3. The highest BCUT2D eigenvalue weighted by Gasteiger charge is 2.35. The number of aliphatic hydroxyl groups excluding tert-OH is 1. The van der Waals surface area contributed by atoms with Crippen molar-refractivity contribution in [3.63, 3.8) is 0 Å². The summed E-state index contributed by atoms with van der Waals surface area (Å²) in [6.45, 7) is 1.44. The van der Waals surface area contributed by atoms with Crippen molar-refractivity contribution >= 4 is 5.91 Å². The summed E-state index contributed by atoms with van der Waals surface area (Å²) in [4.78, 5) is 15.1. The van der Waals surface area contributed by atoms with Crippen molar-refractivity contribution in [3.05, 3.63) is 71.3 Å². The van der Waals surface area contributed by atoms with Gasteiger partial charge in [0, 0.05) is 30.7 Å². The Morgan fingerprint density at radius 1 is 0.938 bits per heavy atom. The maximum atomic E-state index is 13.0. The first-order chi connectivity index (χ1) is 15.3. The Morgan fingerprint density at radius 2 is 1.59 bits per heavy atom. The predicted octanol–water partition coefficient (Wildman–Crippen LogP) is 4.60. The normalized spacial score (nSPS) is 27.1. The van der Waals surface area contributed by atoms with Crippen molar-refractivity contribution in [1.82, 2.24) is 10.2 Å². The van der Waals surface area contributed by atoms with E-state index < -0.39 is 11.7 Å². The van der Waals surface area contributed by atoms with Crippen molar-refractivity contribution in [3.8, 4) is 0 Å². The van der Waals surface area contributed by atoms with Crippen LogP contribution >= 0.6 is 0 Å². The van der Waals surface area contributed by atoms with Crippen LogP contribution in [0.4, 0.5) is 13.2 Å². The fourth-order valence-electron chi connectivity index (χ4n) is 5.00. The van der Waals surface area contributed by atoms with Crippen LogP contribution in [0, 0.1) is 0 Å². The van der Waals surface area contributed by atoms with Crippen LogP contribution < -0.4 is 5.32 Å². The lowest BCUT2D eigenvalue weighted by Gasteiger charge is -2.44. The summed E-state index contributed by atoms with van der Waals surface area (Å²) in [6, 6.07) is 14.7. The number of hydrogen-bond donors (Lipinski definition) is 2. The molecule has 2 aliphatic rings. The first-order valence-electron chi connectivity index (χ1n) is 11.2. The van der Waals surface area contributed by atoms with Gasteiger partial charge in [0.15, 0.2) is 0 Å². The largest absolute Gasteiger partial charge is 0.416 e. The molecule has 2 aromatic carbocycles. The first-order valence-corrected chi connectivity index (χ1v) is 11.2.